The quantitative estimate of drug-likeness (QED) is 0.800. The molecular weight excluding hydrogens is 208 g/mol. The molecule has 0 bridgehead atoms. The molecule has 0 saturated carbocycles. The van der Waals surface area contributed by atoms with Crippen molar-refractivity contribution in [3.05, 3.63) is 41.0 Å². The zero-order valence-electron chi connectivity index (χ0n) is 10.4. The van der Waals surface area contributed by atoms with Gasteiger partial charge < -0.3 is 5.73 Å². The first-order chi connectivity index (χ1) is 8.27. The van der Waals surface area contributed by atoms with E-state index in [1.54, 1.807) is 0 Å². The van der Waals surface area contributed by atoms with Gasteiger partial charge in [0, 0.05) is 6.04 Å². The van der Waals surface area contributed by atoms with Crippen LogP contribution < -0.4 is 5.73 Å². The van der Waals surface area contributed by atoms with Gasteiger partial charge in [0.05, 0.1) is 6.04 Å². The number of likely N-dealkylation sites (N-methyl/N-ethyl adjacent to an activating group) is 1. The Balaban J connectivity index is 1.91. The number of nitrogens with zero attached hydrogens (tertiary/aromatic N) is 1. The summed E-state index contributed by atoms with van der Waals surface area (Å²) in [6.07, 6.45) is 6.22. The highest BCUT2D eigenvalue weighted by Crippen LogP contribution is 2.37. The highest BCUT2D eigenvalue weighted by molar-refractivity contribution is 5.67. The van der Waals surface area contributed by atoms with Crippen LogP contribution in [0.2, 0.25) is 0 Å². The monoisotopic (exact) mass is 228 g/mol. The highest BCUT2D eigenvalue weighted by atomic mass is 15.1. The average molecular weight is 228 g/mol. The number of hydrogen-bond acceptors (Lipinski definition) is 2. The van der Waals surface area contributed by atoms with Gasteiger partial charge >= 0.3 is 0 Å². The summed E-state index contributed by atoms with van der Waals surface area (Å²) in [6.45, 7) is 1.20. The molecule has 2 aliphatic rings. The van der Waals surface area contributed by atoms with Crippen LogP contribution in [-0.4, -0.2) is 24.5 Å². The van der Waals surface area contributed by atoms with E-state index in [0.29, 0.717) is 6.04 Å². The molecule has 1 aliphatic heterocycles. The Kier molecular flexibility index (Phi) is 2.77. The maximum absolute atomic E-state index is 6.39. The molecule has 2 nitrogen and oxygen atoms in total. The maximum atomic E-state index is 6.39. The van der Waals surface area contributed by atoms with E-state index < -0.39 is 0 Å². The number of piperidine rings is 1. The van der Waals surface area contributed by atoms with Crippen molar-refractivity contribution in [3.63, 3.8) is 0 Å². The molecule has 1 aromatic rings. The molecule has 2 heteroatoms. The number of nitrogens with two attached hydrogens (primary N) is 1. The summed E-state index contributed by atoms with van der Waals surface area (Å²) in [5.74, 6) is 0. The molecule has 1 fully saturated rings. The molecule has 0 amide bonds. The van der Waals surface area contributed by atoms with Crippen LogP contribution in [0.3, 0.4) is 0 Å². The van der Waals surface area contributed by atoms with Crippen LogP contribution in [0.5, 0.6) is 0 Å². The van der Waals surface area contributed by atoms with Crippen LogP contribution in [0.15, 0.2) is 29.8 Å². The van der Waals surface area contributed by atoms with Crippen molar-refractivity contribution in [2.45, 2.75) is 31.3 Å². The Morgan fingerprint density at radius 1 is 1.24 bits per heavy atom. The van der Waals surface area contributed by atoms with E-state index in [2.05, 4.69) is 42.3 Å². The van der Waals surface area contributed by atoms with Crippen molar-refractivity contribution in [1.29, 1.82) is 0 Å². The summed E-state index contributed by atoms with van der Waals surface area (Å²) < 4.78 is 0. The minimum atomic E-state index is 0.108. The van der Waals surface area contributed by atoms with E-state index >= 15 is 0 Å². The number of fused-ring (bicyclic) bond motifs is 1. The van der Waals surface area contributed by atoms with Gasteiger partial charge in [0.2, 0.25) is 0 Å². The second-order valence-corrected chi connectivity index (χ2v) is 5.24. The van der Waals surface area contributed by atoms with Crippen molar-refractivity contribution >= 4 is 6.08 Å². The zero-order chi connectivity index (χ0) is 11.8. The van der Waals surface area contributed by atoms with E-state index in [-0.39, 0.29) is 6.04 Å². The molecule has 1 aromatic carbocycles. The van der Waals surface area contributed by atoms with Gasteiger partial charge in [0.15, 0.2) is 0 Å². The first-order valence-corrected chi connectivity index (χ1v) is 6.53. The van der Waals surface area contributed by atoms with Crippen molar-refractivity contribution < 1.29 is 0 Å². The van der Waals surface area contributed by atoms with Crippen molar-refractivity contribution in [2.24, 2.45) is 5.73 Å². The SMILES string of the molecule is CN1CCCCC1C1=Cc2ccccc2C1N. The molecule has 3 rings (SSSR count). The van der Waals surface area contributed by atoms with Gasteiger partial charge in [-0.2, -0.15) is 0 Å². The molecule has 2 atom stereocenters. The Hall–Kier alpha value is -1.12. The third-order valence-electron chi connectivity index (χ3n) is 4.17. The van der Waals surface area contributed by atoms with Crippen LogP contribution >= 0.6 is 0 Å². The van der Waals surface area contributed by atoms with Crippen molar-refractivity contribution in [3.8, 4) is 0 Å². The van der Waals surface area contributed by atoms with Gasteiger partial charge in [-0.1, -0.05) is 36.8 Å². The summed E-state index contributed by atoms with van der Waals surface area (Å²) in [6, 6.07) is 9.16. The number of benzene rings is 1. The molecule has 17 heavy (non-hydrogen) atoms. The van der Waals surface area contributed by atoms with Crippen LogP contribution in [0.4, 0.5) is 0 Å². The Bertz CT molecular complexity index is 450. The lowest BCUT2D eigenvalue weighted by molar-refractivity contribution is 0.208. The molecule has 1 saturated heterocycles. The minimum Gasteiger partial charge on any atom is -0.320 e. The minimum absolute atomic E-state index is 0.108. The molecule has 90 valence electrons. The standard InChI is InChI=1S/C15H20N2/c1-17-9-5-4-8-14(17)13-10-11-6-2-3-7-12(11)15(13)16/h2-3,6-7,10,14-15H,4-5,8-9,16H2,1H3. The fourth-order valence-corrected chi connectivity index (χ4v) is 3.17. The second kappa shape index (κ2) is 4.28. The van der Waals surface area contributed by atoms with E-state index in [0.717, 1.165) is 0 Å². The van der Waals surface area contributed by atoms with E-state index in [9.17, 15) is 0 Å². The third-order valence-corrected chi connectivity index (χ3v) is 4.17. The lowest BCUT2D eigenvalue weighted by Crippen LogP contribution is -2.39. The van der Waals surface area contributed by atoms with Crippen molar-refractivity contribution in [1.82, 2.24) is 4.90 Å². The summed E-state index contributed by atoms with van der Waals surface area (Å²) >= 11 is 0. The first kappa shape index (κ1) is 11.0. The topological polar surface area (TPSA) is 29.3 Å². The lowest BCUT2D eigenvalue weighted by Gasteiger charge is -2.35. The maximum Gasteiger partial charge on any atom is 0.0535 e. The molecular formula is C15H20N2. The van der Waals surface area contributed by atoms with E-state index in [1.807, 2.05) is 0 Å². The first-order valence-electron chi connectivity index (χ1n) is 6.53. The van der Waals surface area contributed by atoms with Crippen LogP contribution in [0, 0.1) is 0 Å². The molecule has 1 heterocycles. The second-order valence-electron chi connectivity index (χ2n) is 5.24. The highest BCUT2D eigenvalue weighted by Gasteiger charge is 2.30. The van der Waals surface area contributed by atoms with Gasteiger partial charge in [-0.25, -0.2) is 0 Å². The van der Waals surface area contributed by atoms with E-state index in [1.165, 1.54) is 42.5 Å². The number of rotatable bonds is 1. The molecule has 0 radical (unpaired) electrons. The molecule has 2 unspecified atom stereocenters. The van der Waals surface area contributed by atoms with Crippen molar-refractivity contribution in [2.75, 3.05) is 13.6 Å². The third kappa shape index (κ3) is 1.81. The van der Waals surface area contributed by atoms with Gasteiger partial charge in [0.1, 0.15) is 0 Å². The Labute approximate surface area is 103 Å². The van der Waals surface area contributed by atoms with Gasteiger partial charge in [0.25, 0.3) is 0 Å². The summed E-state index contributed by atoms with van der Waals surface area (Å²) in [5.41, 5.74) is 10.4. The number of likely N-dealkylation sites (tertiary alicyclic amines) is 1. The summed E-state index contributed by atoms with van der Waals surface area (Å²) in [5, 5.41) is 0. The molecule has 2 N–H and O–H groups in total. The van der Waals surface area contributed by atoms with Crippen LogP contribution in [0.1, 0.15) is 36.4 Å². The predicted molar refractivity (Wildman–Crippen MR) is 71.6 cm³/mol. The Morgan fingerprint density at radius 2 is 2.06 bits per heavy atom. The fraction of sp³-hybridized carbons (Fsp3) is 0.467. The lowest BCUT2D eigenvalue weighted by atomic mass is 9.92. The molecule has 0 spiro atoms. The smallest absolute Gasteiger partial charge is 0.0535 e. The average Bonchev–Trinajstić information content (AvgIpc) is 2.68. The van der Waals surface area contributed by atoms with Crippen LogP contribution in [0.25, 0.3) is 6.08 Å². The zero-order valence-corrected chi connectivity index (χ0v) is 10.4. The van der Waals surface area contributed by atoms with Gasteiger partial charge in [-0.05, 0) is 43.1 Å². The summed E-state index contributed by atoms with van der Waals surface area (Å²) in [4.78, 5) is 2.46. The number of hydrogen-bond donors (Lipinski definition) is 1. The van der Waals surface area contributed by atoms with Gasteiger partial charge in [-0.3, -0.25) is 4.90 Å². The van der Waals surface area contributed by atoms with Gasteiger partial charge in [-0.15, -0.1) is 0 Å². The predicted octanol–water partition coefficient (Wildman–Crippen LogP) is 2.57. The Morgan fingerprint density at radius 3 is 2.82 bits per heavy atom. The fourth-order valence-electron chi connectivity index (χ4n) is 3.17. The van der Waals surface area contributed by atoms with E-state index in [4.69, 9.17) is 5.73 Å². The summed E-state index contributed by atoms with van der Waals surface area (Å²) in [7, 11) is 2.22. The normalized spacial score (nSPS) is 28.9. The largest absolute Gasteiger partial charge is 0.320 e. The molecule has 0 aromatic heterocycles. The molecule has 1 aliphatic carbocycles. The van der Waals surface area contributed by atoms with Crippen LogP contribution in [-0.2, 0) is 0 Å².